The van der Waals surface area contributed by atoms with Gasteiger partial charge in [-0.1, -0.05) is 12.8 Å². The van der Waals surface area contributed by atoms with E-state index in [2.05, 4.69) is 42.7 Å². The summed E-state index contributed by atoms with van der Waals surface area (Å²) in [4.78, 5) is 4.31. The van der Waals surface area contributed by atoms with Crippen LogP contribution in [-0.2, 0) is 4.74 Å². The molecule has 0 heterocycles. The number of thioether (sulfide) groups is 1. The van der Waals surface area contributed by atoms with Crippen molar-refractivity contribution in [3.8, 4) is 0 Å². The van der Waals surface area contributed by atoms with Crippen LogP contribution in [0.2, 0.25) is 0 Å². The summed E-state index contributed by atoms with van der Waals surface area (Å²) in [6.07, 6.45) is 9.01. The highest BCUT2D eigenvalue weighted by molar-refractivity contribution is 7.99. The van der Waals surface area contributed by atoms with Gasteiger partial charge in [0.15, 0.2) is 5.96 Å². The van der Waals surface area contributed by atoms with Crippen molar-refractivity contribution in [3.63, 3.8) is 0 Å². The van der Waals surface area contributed by atoms with E-state index in [0.717, 1.165) is 38.0 Å². The molecule has 0 bridgehead atoms. The minimum absolute atomic E-state index is 0.218. The van der Waals surface area contributed by atoms with Gasteiger partial charge in [-0.15, -0.1) is 0 Å². The highest BCUT2D eigenvalue weighted by Gasteiger charge is 2.25. The molecule has 0 aromatic rings. The van der Waals surface area contributed by atoms with Crippen LogP contribution in [0.5, 0.6) is 0 Å². The van der Waals surface area contributed by atoms with E-state index >= 15 is 0 Å². The maximum absolute atomic E-state index is 5.97. The van der Waals surface area contributed by atoms with Gasteiger partial charge in [0, 0.05) is 31.5 Å². The molecule has 1 aliphatic carbocycles. The Morgan fingerprint density at radius 2 is 2.00 bits per heavy atom. The topological polar surface area (TPSA) is 45.6 Å². The first-order valence-electron chi connectivity index (χ1n) is 8.63. The van der Waals surface area contributed by atoms with Crippen molar-refractivity contribution < 1.29 is 4.74 Å². The van der Waals surface area contributed by atoms with Crippen LogP contribution in [0, 0.1) is 5.92 Å². The van der Waals surface area contributed by atoms with E-state index in [4.69, 9.17) is 4.74 Å². The van der Waals surface area contributed by atoms with E-state index in [1.165, 1.54) is 25.7 Å². The molecule has 1 fully saturated rings. The Morgan fingerprint density at radius 3 is 2.55 bits per heavy atom. The second-order valence-electron chi connectivity index (χ2n) is 6.64. The number of nitrogens with one attached hydrogen (secondary N) is 2. The number of ether oxygens (including phenoxy) is 1. The van der Waals surface area contributed by atoms with Gasteiger partial charge >= 0.3 is 0 Å². The van der Waals surface area contributed by atoms with E-state index in [9.17, 15) is 0 Å². The first-order valence-corrected chi connectivity index (χ1v) is 9.86. The number of hydrogen-bond donors (Lipinski definition) is 2. The van der Waals surface area contributed by atoms with Gasteiger partial charge in [-0.05, 0) is 52.2 Å². The smallest absolute Gasteiger partial charge is 0.191 e. The minimum Gasteiger partial charge on any atom is -0.378 e. The molecule has 1 aliphatic rings. The summed E-state index contributed by atoms with van der Waals surface area (Å²) < 4.78 is 6.19. The maximum Gasteiger partial charge on any atom is 0.191 e. The van der Waals surface area contributed by atoms with Crippen LogP contribution in [0.3, 0.4) is 0 Å². The zero-order chi connectivity index (χ0) is 16.4. The molecule has 0 aliphatic heterocycles. The van der Waals surface area contributed by atoms with Crippen LogP contribution >= 0.6 is 11.8 Å². The van der Waals surface area contributed by atoms with Crippen LogP contribution in [0.25, 0.3) is 0 Å². The van der Waals surface area contributed by atoms with Gasteiger partial charge in [0.1, 0.15) is 0 Å². The lowest BCUT2D eigenvalue weighted by molar-refractivity contribution is 0.0169. The summed E-state index contributed by atoms with van der Waals surface area (Å²) in [6, 6.07) is 0. The van der Waals surface area contributed by atoms with Gasteiger partial charge in [0.05, 0.1) is 6.10 Å². The van der Waals surface area contributed by atoms with Crippen LogP contribution in [0.15, 0.2) is 4.99 Å². The third-order valence-corrected chi connectivity index (χ3v) is 5.73. The molecule has 0 aromatic heterocycles. The summed E-state index contributed by atoms with van der Waals surface area (Å²) >= 11 is 1.87. The molecule has 22 heavy (non-hydrogen) atoms. The zero-order valence-corrected chi connectivity index (χ0v) is 15.9. The summed E-state index contributed by atoms with van der Waals surface area (Å²) in [5, 5.41) is 6.84. The Balaban J connectivity index is 2.32. The number of aliphatic imine (C=N–C) groups is 1. The lowest BCUT2D eigenvalue weighted by atomic mass is 9.98. The van der Waals surface area contributed by atoms with Crippen molar-refractivity contribution in [2.24, 2.45) is 10.9 Å². The first kappa shape index (κ1) is 19.6. The number of hydrogen-bond acceptors (Lipinski definition) is 3. The monoisotopic (exact) mass is 329 g/mol. The highest BCUT2D eigenvalue weighted by Crippen LogP contribution is 2.30. The molecule has 0 radical (unpaired) electrons. The molecule has 0 aromatic carbocycles. The molecule has 130 valence electrons. The second-order valence-corrected chi connectivity index (χ2v) is 8.16. The molecule has 5 heteroatoms. The molecular formula is C17H35N3OS. The molecule has 1 rings (SSSR count). The van der Waals surface area contributed by atoms with Gasteiger partial charge in [-0.25, -0.2) is 0 Å². The predicted molar refractivity (Wildman–Crippen MR) is 98.9 cm³/mol. The lowest BCUT2D eigenvalue weighted by Crippen LogP contribution is -2.44. The van der Waals surface area contributed by atoms with E-state index in [1.807, 2.05) is 18.8 Å². The third-order valence-electron chi connectivity index (χ3n) is 4.49. The molecule has 0 saturated heterocycles. The standard InChI is InChI=1S/C17H35N3OS/c1-6-21-15(14-9-7-8-10-14)11-12-19-16(18-4)20-13-17(2,3)22-5/h14-15H,6-13H2,1-5H3,(H2,18,19,20). The predicted octanol–water partition coefficient (Wildman–Crippen LogP) is 3.28. The molecular weight excluding hydrogens is 294 g/mol. The van der Waals surface area contributed by atoms with Gasteiger partial charge in [-0.3, -0.25) is 4.99 Å². The molecule has 1 unspecified atom stereocenters. The summed E-state index contributed by atoms with van der Waals surface area (Å²) in [5.41, 5.74) is 0. The Morgan fingerprint density at radius 1 is 1.32 bits per heavy atom. The van der Waals surface area contributed by atoms with E-state index in [-0.39, 0.29) is 4.75 Å². The van der Waals surface area contributed by atoms with Gasteiger partial charge < -0.3 is 15.4 Å². The molecule has 2 N–H and O–H groups in total. The van der Waals surface area contributed by atoms with Crippen LogP contribution in [-0.4, -0.2) is 49.8 Å². The molecule has 1 saturated carbocycles. The van der Waals surface area contributed by atoms with E-state index in [0.29, 0.717) is 6.10 Å². The van der Waals surface area contributed by atoms with Crippen molar-refractivity contribution in [1.82, 2.24) is 10.6 Å². The molecule has 0 spiro atoms. The molecule has 0 amide bonds. The zero-order valence-electron chi connectivity index (χ0n) is 15.1. The summed E-state index contributed by atoms with van der Waals surface area (Å²) in [6.45, 7) is 9.22. The van der Waals surface area contributed by atoms with Crippen molar-refractivity contribution >= 4 is 17.7 Å². The van der Waals surface area contributed by atoms with Crippen LogP contribution in [0.4, 0.5) is 0 Å². The fourth-order valence-corrected chi connectivity index (χ4v) is 3.14. The highest BCUT2D eigenvalue weighted by atomic mass is 32.2. The number of nitrogens with zero attached hydrogens (tertiary/aromatic N) is 1. The van der Waals surface area contributed by atoms with Crippen molar-refractivity contribution in [3.05, 3.63) is 0 Å². The maximum atomic E-state index is 5.97. The van der Waals surface area contributed by atoms with E-state index in [1.54, 1.807) is 0 Å². The van der Waals surface area contributed by atoms with Gasteiger partial charge in [0.25, 0.3) is 0 Å². The third kappa shape index (κ3) is 7.23. The molecule has 4 nitrogen and oxygen atoms in total. The Kier molecular flexibility index (Phi) is 9.25. The SMILES string of the molecule is CCOC(CCNC(=NC)NCC(C)(C)SC)C1CCCC1. The van der Waals surface area contributed by atoms with Gasteiger partial charge in [0.2, 0.25) is 0 Å². The molecule has 1 atom stereocenters. The Labute approximate surface area is 141 Å². The normalized spacial score (nSPS) is 18.5. The minimum atomic E-state index is 0.218. The van der Waals surface area contributed by atoms with Crippen LogP contribution < -0.4 is 10.6 Å². The summed E-state index contributed by atoms with van der Waals surface area (Å²) in [7, 11) is 1.83. The number of rotatable bonds is 9. The fourth-order valence-electron chi connectivity index (χ4n) is 2.92. The quantitative estimate of drug-likeness (QED) is 0.503. The van der Waals surface area contributed by atoms with Gasteiger partial charge in [-0.2, -0.15) is 11.8 Å². The lowest BCUT2D eigenvalue weighted by Gasteiger charge is -2.25. The van der Waals surface area contributed by atoms with Crippen LogP contribution in [0.1, 0.15) is 52.9 Å². The summed E-state index contributed by atoms with van der Waals surface area (Å²) in [5.74, 6) is 1.65. The largest absolute Gasteiger partial charge is 0.378 e. The van der Waals surface area contributed by atoms with Crippen molar-refractivity contribution in [2.45, 2.75) is 63.7 Å². The fraction of sp³-hybridized carbons (Fsp3) is 0.941. The Bertz CT molecular complexity index is 328. The average Bonchev–Trinajstić information content (AvgIpc) is 3.03. The van der Waals surface area contributed by atoms with Crippen molar-refractivity contribution in [1.29, 1.82) is 0 Å². The van der Waals surface area contributed by atoms with Crippen molar-refractivity contribution in [2.75, 3.05) is 33.0 Å². The first-order chi connectivity index (χ1) is 10.5. The second kappa shape index (κ2) is 10.4. The number of guanidine groups is 1. The Hall–Kier alpha value is -0.420. The average molecular weight is 330 g/mol. The van der Waals surface area contributed by atoms with E-state index < -0.39 is 0 Å².